The van der Waals surface area contributed by atoms with Gasteiger partial charge in [-0.2, -0.15) is 0 Å². The summed E-state index contributed by atoms with van der Waals surface area (Å²) >= 11 is 0. The number of carbonyl (C=O) groups excluding carboxylic acids is 1. The van der Waals surface area contributed by atoms with Crippen LogP contribution in [0.15, 0.2) is 66.4 Å². The van der Waals surface area contributed by atoms with Crippen LogP contribution in [-0.4, -0.2) is 5.78 Å². The average molecular weight is 223 g/mol. The van der Waals surface area contributed by atoms with Gasteiger partial charge in [0, 0.05) is 5.56 Å². The second kappa shape index (κ2) is 5.12. The third-order valence-electron chi connectivity index (χ3n) is 2.36. The van der Waals surface area contributed by atoms with Gasteiger partial charge in [0.05, 0.1) is 0 Å². The summed E-state index contributed by atoms with van der Waals surface area (Å²) in [6.07, 6.45) is 1.36. The highest BCUT2D eigenvalue weighted by Gasteiger charge is 2.12. The predicted molar refractivity (Wildman–Crippen MR) is 65.9 cm³/mol. The van der Waals surface area contributed by atoms with Gasteiger partial charge in [0.15, 0.2) is 0 Å². The van der Waals surface area contributed by atoms with E-state index in [0.29, 0.717) is 5.56 Å². The van der Waals surface area contributed by atoms with Gasteiger partial charge in [-0.25, -0.2) is 0 Å². The molecule has 17 heavy (non-hydrogen) atoms. The first-order valence-electron chi connectivity index (χ1n) is 5.31. The molecule has 0 aliphatic heterocycles. The van der Waals surface area contributed by atoms with Gasteiger partial charge in [0.2, 0.25) is 11.5 Å². The number of hydrogen-bond donors (Lipinski definition) is 0. The molecular weight excluding hydrogens is 212 g/mol. The highest BCUT2D eigenvalue weighted by molar-refractivity contribution is 6.09. The molecule has 0 aromatic heterocycles. The summed E-state index contributed by atoms with van der Waals surface area (Å²) in [5.41, 5.74) is 1.16. The van der Waals surface area contributed by atoms with Crippen LogP contribution in [0.3, 0.4) is 0 Å². The zero-order valence-electron chi connectivity index (χ0n) is 9.17. The molecule has 83 valence electrons. The van der Waals surface area contributed by atoms with Crippen molar-refractivity contribution in [1.29, 1.82) is 0 Å². The van der Waals surface area contributed by atoms with E-state index in [-0.39, 0.29) is 0 Å². The zero-order chi connectivity index (χ0) is 12.1. The maximum Gasteiger partial charge on any atom is 0.232 e. The third-order valence-corrected chi connectivity index (χ3v) is 2.36. The van der Waals surface area contributed by atoms with Crippen LogP contribution in [-0.2, 0) is 5.11 Å². The molecule has 2 aromatic rings. The molecule has 0 saturated heterocycles. The molecule has 0 heterocycles. The molecule has 0 aliphatic carbocycles. The number of benzene rings is 2. The van der Waals surface area contributed by atoms with Crippen molar-refractivity contribution in [2.24, 2.45) is 0 Å². The summed E-state index contributed by atoms with van der Waals surface area (Å²) in [7, 11) is 0. The minimum absolute atomic E-state index is 0.421. The van der Waals surface area contributed by atoms with Gasteiger partial charge < -0.3 is 0 Å². The largest absolute Gasteiger partial charge is 0.286 e. The van der Waals surface area contributed by atoms with E-state index in [0.717, 1.165) is 5.56 Å². The lowest BCUT2D eigenvalue weighted by Gasteiger charge is -1.97. The summed E-state index contributed by atoms with van der Waals surface area (Å²) in [6.45, 7) is 0. The summed E-state index contributed by atoms with van der Waals surface area (Å²) < 4.78 is 0. The normalized spacial score (nSPS) is 11.2. The van der Waals surface area contributed by atoms with Crippen LogP contribution in [0.1, 0.15) is 15.9 Å². The second-order valence-corrected chi connectivity index (χ2v) is 3.61. The van der Waals surface area contributed by atoms with Gasteiger partial charge in [-0.15, -0.1) is 0 Å². The van der Waals surface area contributed by atoms with E-state index in [1.165, 1.54) is 6.08 Å². The molecule has 0 fully saturated rings. The lowest BCUT2D eigenvalue weighted by Crippen LogP contribution is -2.01. The first-order valence-corrected chi connectivity index (χ1v) is 5.31. The molecule has 2 aromatic carbocycles. The highest BCUT2D eigenvalue weighted by Crippen LogP contribution is 2.10. The van der Waals surface area contributed by atoms with E-state index in [1.54, 1.807) is 36.4 Å². The van der Waals surface area contributed by atoms with Gasteiger partial charge >= 0.3 is 0 Å². The van der Waals surface area contributed by atoms with Crippen molar-refractivity contribution in [2.75, 3.05) is 0 Å². The van der Waals surface area contributed by atoms with Crippen molar-refractivity contribution in [3.05, 3.63) is 77.5 Å². The topological polar surface area (TPSA) is 37.0 Å². The van der Waals surface area contributed by atoms with Crippen molar-refractivity contribution in [2.45, 2.75) is 0 Å². The van der Waals surface area contributed by atoms with E-state index >= 15 is 0 Å². The molecule has 0 atom stereocenters. The summed E-state index contributed by atoms with van der Waals surface area (Å²) in [6, 6.07) is 17.7. The molecule has 2 rings (SSSR count). The van der Waals surface area contributed by atoms with Gasteiger partial charge in [-0.3, -0.25) is 9.90 Å². The monoisotopic (exact) mass is 223 g/mol. The fourth-order valence-electron chi connectivity index (χ4n) is 1.50. The lowest BCUT2D eigenvalue weighted by molar-refractivity contribution is 0.0949. The quantitative estimate of drug-likeness (QED) is 0.446. The van der Waals surface area contributed by atoms with Crippen molar-refractivity contribution >= 4 is 11.9 Å². The maximum atomic E-state index is 11.8. The average Bonchev–Trinajstić information content (AvgIpc) is 2.40. The van der Waals surface area contributed by atoms with Crippen molar-refractivity contribution in [3.63, 3.8) is 0 Å². The summed E-state index contributed by atoms with van der Waals surface area (Å²) in [5, 5.41) is 11.7. The Morgan fingerprint density at radius 3 is 1.94 bits per heavy atom. The van der Waals surface area contributed by atoms with Crippen LogP contribution in [0.2, 0.25) is 0 Å². The van der Waals surface area contributed by atoms with Crippen LogP contribution in [0.25, 0.3) is 6.08 Å². The molecule has 0 aliphatic rings. The van der Waals surface area contributed by atoms with Crippen LogP contribution in [0, 0.1) is 0 Å². The maximum absolute atomic E-state index is 11.8. The molecule has 0 spiro atoms. The summed E-state index contributed by atoms with van der Waals surface area (Å²) in [4.78, 5) is 11.8. The lowest BCUT2D eigenvalue weighted by atomic mass is 10.1. The molecular formula is C15H11O2. The SMILES string of the molecule is [O]C(=Cc1ccccc1)C(=O)c1ccccc1. The van der Waals surface area contributed by atoms with E-state index < -0.39 is 11.5 Å². The van der Waals surface area contributed by atoms with Crippen LogP contribution in [0.4, 0.5) is 0 Å². The van der Waals surface area contributed by atoms with E-state index in [1.807, 2.05) is 24.3 Å². The van der Waals surface area contributed by atoms with Crippen molar-refractivity contribution < 1.29 is 9.90 Å². The molecule has 0 N–H and O–H groups in total. The van der Waals surface area contributed by atoms with Gasteiger partial charge in [-0.05, 0) is 11.6 Å². The van der Waals surface area contributed by atoms with Crippen molar-refractivity contribution in [3.8, 4) is 0 Å². The minimum atomic E-state index is -0.498. The Labute approximate surface area is 99.8 Å². The fraction of sp³-hybridized carbons (Fsp3) is 0. The van der Waals surface area contributed by atoms with Crippen molar-refractivity contribution in [1.82, 2.24) is 0 Å². The van der Waals surface area contributed by atoms with Gasteiger partial charge in [-0.1, -0.05) is 60.7 Å². The number of Topliss-reactive ketones (excluding diaryl/α,β-unsaturated/α-hetero) is 1. The Morgan fingerprint density at radius 1 is 0.824 bits per heavy atom. The molecule has 2 nitrogen and oxygen atoms in total. The molecule has 0 unspecified atom stereocenters. The zero-order valence-corrected chi connectivity index (χ0v) is 9.17. The predicted octanol–water partition coefficient (Wildman–Crippen LogP) is 3.34. The van der Waals surface area contributed by atoms with Gasteiger partial charge in [0.25, 0.3) is 0 Å². The first-order chi connectivity index (χ1) is 8.27. The highest BCUT2D eigenvalue weighted by atomic mass is 16.3. The Morgan fingerprint density at radius 2 is 1.35 bits per heavy atom. The first kappa shape index (κ1) is 11.1. The Bertz CT molecular complexity index is 527. The van der Waals surface area contributed by atoms with E-state index in [2.05, 4.69) is 0 Å². The minimum Gasteiger partial charge on any atom is -0.286 e. The molecule has 0 bridgehead atoms. The number of rotatable bonds is 3. The Kier molecular flexibility index (Phi) is 3.36. The van der Waals surface area contributed by atoms with Crippen LogP contribution in [0.5, 0.6) is 0 Å². The molecule has 0 amide bonds. The van der Waals surface area contributed by atoms with Crippen LogP contribution < -0.4 is 0 Å². The van der Waals surface area contributed by atoms with E-state index in [4.69, 9.17) is 0 Å². The molecule has 2 heteroatoms. The number of ketones is 1. The Hall–Kier alpha value is -2.35. The summed E-state index contributed by atoms with van der Waals surface area (Å²) in [5.74, 6) is -0.975. The third kappa shape index (κ3) is 2.82. The molecule has 1 radical (unpaired) electrons. The molecule has 0 saturated carbocycles. The fourth-order valence-corrected chi connectivity index (χ4v) is 1.50. The van der Waals surface area contributed by atoms with Crippen LogP contribution >= 0.6 is 0 Å². The number of carbonyl (C=O) groups is 1. The number of hydrogen-bond acceptors (Lipinski definition) is 1. The smallest absolute Gasteiger partial charge is 0.232 e. The Balaban J connectivity index is 2.24. The van der Waals surface area contributed by atoms with E-state index in [9.17, 15) is 9.90 Å². The number of allylic oxidation sites excluding steroid dienone is 1. The standard InChI is InChI=1S/C15H11O2/c16-14(11-12-7-3-1-4-8-12)15(17)13-9-5-2-6-10-13/h1-11H. The second-order valence-electron chi connectivity index (χ2n) is 3.61. The van der Waals surface area contributed by atoms with Gasteiger partial charge in [0.1, 0.15) is 0 Å².